The van der Waals surface area contributed by atoms with Gasteiger partial charge >= 0.3 is 0 Å². The molecular weight excluding hydrogens is 1060 g/mol. The maximum Gasteiger partial charge on any atom is 0.220 e. The second-order valence-corrected chi connectivity index (χ2v) is 25.4. The topological polar surface area (TPSA) is 228 Å². The molecule has 0 radical (unpaired) electrons. The normalized spacial score (nSPS) is 23.7. The fourth-order valence-electron chi connectivity index (χ4n) is 11.9. The molecule has 14 heteroatoms. The number of aliphatic hydroxyl groups is 8. The molecule has 0 spiro atoms. The molecule has 12 unspecified atom stereocenters. The zero-order valence-corrected chi connectivity index (χ0v) is 53.9. The van der Waals surface area contributed by atoms with Gasteiger partial charge in [0, 0.05) is 6.42 Å². The molecule has 0 aromatic carbocycles. The Bertz CT molecular complexity index is 1500. The molecule has 0 bridgehead atoms. The van der Waals surface area contributed by atoms with E-state index in [-0.39, 0.29) is 18.9 Å². The van der Waals surface area contributed by atoms with E-state index in [1.165, 1.54) is 257 Å². The van der Waals surface area contributed by atoms with Crippen LogP contribution >= 0.6 is 0 Å². The molecule has 2 aliphatic rings. The Labute approximate surface area is 513 Å². The lowest BCUT2D eigenvalue weighted by Crippen LogP contribution is -2.65. The van der Waals surface area contributed by atoms with Gasteiger partial charge in [-0.3, -0.25) is 4.79 Å². The molecule has 496 valence electrons. The van der Waals surface area contributed by atoms with Crippen molar-refractivity contribution >= 4 is 5.91 Å². The van der Waals surface area contributed by atoms with E-state index in [4.69, 9.17) is 18.9 Å². The molecule has 12 atom stereocenters. The van der Waals surface area contributed by atoms with E-state index in [9.17, 15) is 45.6 Å². The predicted octanol–water partition coefficient (Wildman–Crippen LogP) is 14.3. The first-order chi connectivity index (χ1) is 41.1. The number of rotatable bonds is 59. The highest BCUT2D eigenvalue weighted by molar-refractivity contribution is 5.76. The molecule has 2 saturated heterocycles. The highest BCUT2D eigenvalue weighted by Crippen LogP contribution is 2.30. The molecule has 2 aliphatic heterocycles. The summed E-state index contributed by atoms with van der Waals surface area (Å²) in [4.78, 5) is 13.3. The van der Waals surface area contributed by atoms with Gasteiger partial charge < -0.3 is 65.1 Å². The zero-order chi connectivity index (χ0) is 60.9. The summed E-state index contributed by atoms with van der Waals surface area (Å²) >= 11 is 0. The standard InChI is InChI=1S/C70H133NO13/c1-3-5-7-9-11-13-15-17-19-21-23-24-25-26-27-28-29-30-31-32-33-34-36-38-40-42-44-46-48-50-52-54-62(75)71-58(59(74)53-51-49-47-45-43-41-39-37-35-22-20-18-16-14-12-10-8-6-4-2)57-81-69-67(80)65(78)68(61(56-73)83-69)84-70-66(79)64(77)63(76)60(55-72)82-70/h21,23,51,53,58-61,63-70,72-74,76-80H,3-20,22,24-50,52,54-57H2,1-2H3,(H,71,75)/b23-21-,53-51+. The van der Waals surface area contributed by atoms with Crippen LogP contribution in [0.4, 0.5) is 0 Å². The maximum atomic E-state index is 13.3. The molecule has 0 saturated carbocycles. The van der Waals surface area contributed by atoms with Crippen LogP contribution in [0.15, 0.2) is 24.3 Å². The molecule has 2 heterocycles. The quantitative estimate of drug-likeness (QED) is 0.0204. The van der Waals surface area contributed by atoms with Crippen molar-refractivity contribution in [3.05, 3.63) is 24.3 Å². The fourth-order valence-corrected chi connectivity index (χ4v) is 11.9. The Hall–Kier alpha value is -1.53. The number of aliphatic hydroxyl groups excluding tert-OH is 8. The van der Waals surface area contributed by atoms with Gasteiger partial charge in [-0.1, -0.05) is 295 Å². The SMILES string of the molecule is CCCCCCCCCC/C=C\CCCCCCCCCCCCCCCCCCCCCC(=O)NC(COC1OC(CO)C(OC2OC(CO)C(O)C(O)C2O)C(O)C1O)C(O)/C=C/CCCCCCCCCCCCCCCCCCC. The van der Waals surface area contributed by atoms with Gasteiger partial charge in [-0.05, 0) is 44.9 Å². The third-order valence-electron chi connectivity index (χ3n) is 17.6. The van der Waals surface area contributed by atoms with Gasteiger partial charge in [0.05, 0.1) is 32.0 Å². The van der Waals surface area contributed by atoms with E-state index in [1.807, 2.05) is 6.08 Å². The predicted molar refractivity (Wildman–Crippen MR) is 342 cm³/mol. The first-order valence-electron chi connectivity index (χ1n) is 35.6. The van der Waals surface area contributed by atoms with Gasteiger partial charge in [0.1, 0.15) is 48.8 Å². The number of hydrogen-bond donors (Lipinski definition) is 9. The Morgan fingerprint density at radius 3 is 1.13 bits per heavy atom. The highest BCUT2D eigenvalue weighted by atomic mass is 16.7. The van der Waals surface area contributed by atoms with Crippen LogP contribution in [0.25, 0.3) is 0 Å². The molecule has 1 amide bonds. The average Bonchev–Trinajstić information content (AvgIpc) is 3.18. The van der Waals surface area contributed by atoms with E-state index >= 15 is 0 Å². The Balaban J connectivity index is 1.65. The first-order valence-corrected chi connectivity index (χ1v) is 35.6. The number of unbranched alkanes of at least 4 members (excludes halogenated alkanes) is 44. The number of carbonyl (C=O) groups is 1. The Morgan fingerprint density at radius 2 is 0.750 bits per heavy atom. The molecule has 0 aliphatic carbocycles. The van der Waals surface area contributed by atoms with Crippen molar-refractivity contribution in [2.24, 2.45) is 0 Å². The third kappa shape index (κ3) is 39.5. The van der Waals surface area contributed by atoms with Gasteiger partial charge in [0.15, 0.2) is 12.6 Å². The monoisotopic (exact) mass is 1200 g/mol. The number of hydrogen-bond acceptors (Lipinski definition) is 13. The maximum absolute atomic E-state index is 13.3. The number of amides is 1. The molecule has 2 fully saturated rings. The minimum absolute atomic E-state index is 0.232. The fraction of sp³-hybridized carbons (Fsp3) is 0.929. The lowest BCUT2D eigenvalue weighted by atomic mass is 9.97. The largest absolute Gasteiger partial charge is 0.394 e. The van der Waals surface area contributed by atoms with E-state index < -0.39 is 86.8 Å². The van der Waals surface area contributed by atoms with Crippen LogP contribution in [0, 0.1) is 0 Å². The molecule has 84 heavy (non-hydrogen) atoms. The lowest BCUT2D eigenvalue weighted by molar-refractivity contribution is -0.359. The van der Waals surface area contributed by atoms with Gasteiger partial charge in [0.2, 0.25) is 5.91 Å². The van der Waals surface area contributed by atoms with Gasteiger partial charge in [0.25, 0.3) is 0 Å². The highest BCUT2D eigenvalue weighted by Gasteiger charge is 2.51. The summed E-state index contributed by atoms with van der Waals surface area (Å²) in [5.41, 5.74) is 0. The van der Waals surface area contributed by atoms with Crippen molar-refractivity contribution in [2.45, 2.75) is 396 Å². The smallest absolute Gasteiger partial charge is 0.220 e. The second kappa shape index (κ2) is 55.5. The summed E-state index contributed by atoms with van der Waals surface area (Å²) in [5.74, 6) is -0.232. The van der Waals surface area contributed by atoms with Gasteiger partial charge in [-0.15, -0.1) is 0 Å². The van der Waals surface area contributed by atoms with Crippen LogP contribution in [-0.2, 0) is 23.7 Å². The molecule has 14 nitrogen and oxygen atoms in total. The van der Waals surface area contributed by atoms with Gasteiger partial charge in [-0.2, -0.15) is 0 Å². The van der Waals surface area contributed by atoms with Crippen LogP contribution in [0.3, 0.4) is 0 Å². The third-order valence-corrected chi connectivity index (χ3v) is 17.6. The van der Waals surface area contributed by atoms with Crippen molar-refractivity contribution in [2.75, 3.05) is 19.8 Å². The van der Waals surface area contributed by atoms with Crippen LogP contribution in [0.2, 0.25) is 0 Å². The average molecular weight is 1200 g/mol. The zero-order valence-electron chi connectivity index (χ0n) is 53.9. The van der Waals surface area contributed by atoms with Crippen molar-refractivity contribution in [1.82, 2.24) is 5.32 Å². The summed E-state index contributed by atoms with van der Waals surface area (Å²) < 4.78 is 22.9. The van der Waals surface area contributed by atoms with Crippen molar-refractivity contribution in [3.63, 3.8) is 0 Å². The number of carbonyl (C=O) groups excluding carboxylic acids is 1. The Kier molecular flexibility index (Phi) is 51.9. The second-order valence-electron chi connectivity index (χ2n) is 25.4. The van der Waals surface area contributed by atoms with Crippen molar-refractivity contribution in [1.29, 1.82) is 0 Å². The summed E-state index contributed by atoms with van der Waals surface area (Å²) in [6, 6.07) is -0.912. The van der Waals surface area contributed by atoms with E-state index in [2.05, 4.69) is 31.3 Å². The molecule has 0 aromatic heterocycles. The number of ether oxygens (including phenoxy) is 4. The lowest BCUT2D eigenvalue weighted by Gasteiger charge is -2.46. The summed E-state index contributed by atoms with van der Waals surface area (Å²) in [6.45, 7) is 2.85. The van der Waals surface area contributed by atoms with Crippen LogP contribution in [0.5, 0.6) is 0 Å². The van der Waals surface area contributed by atoms with E-state index in [1.54, 1.807) is 6.08 Å². The first kappa shape index (κ1) is 78.6. The van der Waals surface area contributed by atoms with Crippen LogP contribution in [-0.4, -0.2) is 140 Å². The summed E-state index contributed by atoms with van der Waals surface area (Å²) in [5, 5.41) is 87.4. The summed E-state index contributed by atoms with van der Waals surface area (Å²) in [7, 11) is 0. The molecule has 9 N–H and O–H groups in total. The van der Waals surface area contributed by atoms with Crippen molar-refractivity contribution in [3.8, 4) is 0 Å². The van der Waals surface area contributed by atoms with E-state index in [0.29, 0.717) is 6.42 Å². The number of nitrogens with one attached hydrogen (secondary N) is 1. The minimum Gasteiger partial charge on any atom is -0.394 e. The molecular formula is C70H133NO13. The molecule has 2 rings (SSSR count). The minimum atomic E-state index is -1.79. The van der Waals surface area contributed by atoms with Crippen LogP contribution < -0.4 is 5.32 Å². The Morgan fingerprint density at radius 1 is 0.417 bits per heavy atom. The van der Waals surface area contributed by atoms with Gasteiger partial charge in [-0.25, -0.2) is 0 Å². The van der Waals surface area contributed by atoms with E-state index in [0.717, 1.165) is 38.5 Å². The number of allylic oxidation sites excluding steroid dienone is 3. The molecule has 0 aromatic rings. The van der Waals surface area contributed by atoms with Crippen molar-refractivity contribution < 1.29 is 64.6 Å². The van der Waals surface area contributed by atoms with Crippen LogP contribution in [0.1, 0.15) is 322 Å². The summed E-state index contributed by atoms with van der Waals surface area (Å²) in [6.07, 6.45) is 52.4.